The normalized spacial score (nSPS) is 12.9. The molecule has 1 unspecified atom stereocenters. The van der Waals surface area contributed by atoms with E-state index in [0.717, 1.165) is 18.5 Å². The zero-order valence-corrected chi connectivity index (χ0v) is 9.09. The van der Waals surface area contributed by atoms with Gasteiger partial charge in [0, 0.05) is 18.9 Å². The van der Waals surface area contributed by atoms with Crippen LogP contribution < -0.4 is 11.3 Å². The molecule has 1 atom stereocenters. The zero-order valence-electron chi connectivity index (χ0n) is 9.09. The van der Waals surface area contributed by atoms with Crippen molar-refractivity contribution in [3.63, 3.8) is 0 Å². The number of hydrazine groups is 1. The standard InChI is InChI=1S/C9H15N7/c1-16-7(4-5-12-16)2-3-8(13-10)9-6-11-15-14-9/h4-6,8,13H,2-3,10H2,1H3,(H,11,14,15). The van der Waals surface area contributed by atoms with Gasteiger partial charge in [-0.25, -0.2) is 0 Å². The maximum absolute atomic E-state index is 5.49. The van der Waals surface area contributed by atoms with Crippen LogP contribution in [-0.4, -0.2) is 25.2 Å². The van der Waals surface area contributed by atoms with Crippen molar-refractivity contribution >= 4 is 0 Å². The van der Waals surface area contributed by atoms with Gasteiger partial charge in [0.2, 0.25) is 0 Å². The van der Waals surface area contributed by atoms with Gasteiger partial charge in [0.1, 0.15) is 5.69 Å². The summed E-state index contributed by atoms with van der Waals surface area (Å²) >= 11 is 0. The third-order valence-electron chi connectivity index (χ3n) is 2.60. The van der Waals surface area contributed by atoms with Gasteiger partial charge in [0.25, 0.3) is 0 Å². The first-order valence-electron chi connectivity index (χ1n) is 5.10. The highest BCUT2D eigenvalue weighted by Gasteiger charge is 2.13. The summed E-state index contributed by atoms with van der Waals surface area (Å²) in [7, 11) is 1.93. The van der Waals surface area contributed by atoms with Crippen molar-refractivity contribution < 1.29 is 0 Å². The predicted octanol–water partition coefficient (Wildman–Crippen LogP) is -0.325. The molecule has 0 bridgehead atoms. The van der Waals surface area contributed by atoms with E-state index in [0.29, 0.717) is 0 Å². The maximum atomic E-state index is 5.49. The Kier molecular flexibility index (Phi) is 3.28. The fourth-order valence-corrected chi connectivity index (χ4v) is 1.63. The topological polar surface area (TPSA) is 97.4 Å². The van der Waals surface area contributed by atoms with Crippen molar-refractivity contribution in [3.8, 4) is 0 Å². The second kappa shape index (κ2) is 4.86. The second-order valence-corrected chi connectivity index (χ2v) is 3.60. The number of H-pyrrole nitrogens is 1. The molecule has 16 heavy (non-hydrogen) atoms. The summed E-state index contributed by atoms with van der Waals surface area (Å²) in [6.45, 7) is 0. The first-order valence-corrected chi connectivity index (χ1v) is 5.10. The molecule has 4 N–H and O–H groups in total. The Labute approximate surface area is 93.0 Å². The minimum absolute atomic E-state index is 0.00801. The molecule has 7 heteroatoms. The average molecular weight is 221 g/mol. The molecule has 0 amide bonds. The summed E-state index contributed by atoms with van der Waals surface area (Å²) < 4.78 is 1.86. The summed E-state index contributed by atoms with van der Waals surface area (Å²) in [6.07, 6.45) is 5.20. The monoisotopic (exact) mass is 221 g/mol. The van der Waals surface area contributed by atoms with Crippen LogP contribution in [0.1, 0.15) is 23.9 Å². The van der Waals surface area contributed by atoms with E-state index < -0.39 is 0 Å². The molecule has 7 nitrogen and oxygen atoms in total. The molecule has 2 rings (SSSR count). The summed E-state index contributed by atoms with van der Waals surface area (Å²) in [5.41, 5.74) is 4.73. The van der Waals surface area contributed by atoms with Crippen molar-refractivity contribution in [2.75, 3.05) is 0 Å². The second-order valence-electron chi connectivity index (χ2n) is 3.60. The largest absolute Gasteiger partial charge is 0.273 e. The van der Waals surface area contributed by atoms with Crippen LogP contribution in [0, 0.1) is 0 Å². The molecule has 0 aliphatic heterocycles. The lowest BCUT2D eigenvalue weighted by Crippen LogP contribution is -2.28. The number of nitrogens with one attached hydrogen (secondary N) is 2. The molecular weight excluding hydrogens is 206 g/mol. The van der Waals surface area contributed by atoms with E-state index in [4.69, 9.17) is 5.84 Å². The van der Waals surface area contributed by atoms with Crippen LogP contribution >= 0.6 is 0 Å². The van der Waals surface area contributed by atoms with Crippen molar-refractivity contribution in [2.24, 2.45) is 12.9 Å². The fourth-order valence-electron chi connectivity index (χ4n) is 1.63. The van der Waals surface area contributed by atoms with Crippen LogP contribution in [0.3, 0.4) is 0 Å². The van der Waals surface area contributed by atoms with E-state index in [1.165, 1.54) is 5.69 Å². The van der Waals surface area contributed by atoms with Crippen molar-refractivity contribution in [1.82, 2.24) is 30.6 Å². The van der Waals surface area contributed by atoms with E-state index in [2.05, 4.69) is 25.9 Å². The zero-order chi connectivity index (χ0) is 11.4. The first-order chi connectivity index (χ1) is 7.81. The number of rotatable bonds is 5. The van der Waals surface area contributed by atoms with Crippen LogP contribution in [0.5, 0.6) is 0 Å². The lowest BCUT2D eigenvalue weighted by molar-refractivity contribution is 0.495. The van der Waals surface area contributed by atoms with Crippen LogP contribution in [0.25, 0.3) is 0 Å². The van der Waals surface area contributed by atoms with Gasteiger partial charge in [-0.15, -0.1) is 0 Å². The Hall–Kier alpha value is -1.73. The Morgan fingerprint density at radius 3 is 3.06 bits per heavy atom. The van der Waals surface area contributed by atoms with E-state index in [1.807, 2.05) is 17.8 Å². The van der Waals surface area contributed by atoms with Gasteiger partial charge in [0.05, 0.1) is 12.2 Å². The molecule has 0 aliphatic rings. The van der Waals surface area contributed by atoms with Crippen LogP contribution in [0.4, 0.5) is 0 Å². The van der Waals surface area contributed by atoms with E-state index in [9.17, 15) is 0 Å². The molecule has 0 aromatic carbocycles. The third-order valence-corrected chi connectivity index (χ3v) is 2.60. The quantitative estimate of drug-likeness (QED) is 0.474. The van der Waals surface area contributed by atoms with E-state index in [1.54, 1.807) is 12.4 Å². The summed E-state index contributed by atoms with van der Waals surface area (Å²) in [5, 5.41) is 14.5. The van der Waals surface area contributed by atoms with Gasteiger partial charge >= 0.3 is 0 Å². The van der Waals surface area contributed by atoms with Crippen LogP contribution in [0.15, 0.2) is 18.5 Å². The van der Waals surface area contributed by atoms with E-state index in [-0.39, 0.29) is 6.04 Å². The van der Waals surface area contributed by atoms with Gasteiger partial charge in [-0.05, 0) is 18.9 Å². The van der Waals surface area contributed by atoms with Crippen LogP contribution in [0.2, 0.25) is 0 Å². The minimum atomic E-state index is 0.00801. The number of aromatic nitrogens is 5. The highest BCUT2D eigenvalue weighted by Crippen LogP contribution is 2.14. The smallest absolute Gasteiger partial charge is 0.101 e. The van der Waals surface area contributed by atoms with Gasteiger partial charge in [0.15, 0.2) is 0 Å². The minimum Gasteiger partial charge on any atom is -0.273 e. The van der Waals surface area contributed by atoms with Crippen LogP contribution in [-0.2, 0) is 13.5 Å². The molecule has 0 fully saturated rings. The molecule has 0 saturated heterocycles. The van der Waals surface area contributed by atoms with E-state index >= 15 is 0 Å². The Morgan fingerprint density at radius 1 is 1.62 bits per heavy atom. The maximum Gasteiger partial charge on any atom is 0.101 e. The third kappa shape index (κ3) is 2.26. The van der Waals surface area contributed by atoms with Gasteiger partial charge < -0.3 is 0 Å². The number of aryl methyl sites for hydroxylation is 2. The number of nitrogens with two attached hydrogens (primary N) is 1. The SMILES string of the molecule is Cn1nccc1CCC(NN)c1cn[nH]n1. The molecular formula is C9H15N7. The van der Waals surface area contributed by atoms with Crippen molar-refractivity contribution in [3.05, 3.63) is 29.8 Å². The average Bonchev–Trinajstić information content (AvgIpc) is 2.92. The highest BCUT2D eigenvalue weighted by atomic mass is 15.3. The molecule has 0 aliphatic carbocycles. The molecule has 0 saturated carbocycles. The van der Waals surface area contributed by atoms with Crippen molar-refractivity contribution in [1.29, 1.82) is 0 Å². The number of aromatic amines is 1. The highest BCUT2D eigenvalue weighted by molar-refractivity contribution is 5.04. The van der Waals surface area contributed by atoms with Gasteiger partial charge in [-0.1, -0.05) is 0 Å². The Bertz CT molecular complexity index is 419. The summed E-state index contributed by atoms with van der Waals surface area (Å²) in [5.74, 6) is 5.49. The lowest BCUT2D eigenvalue weighted by atomic mass is 10.1. The first kappa shape index (κ1) is 10.8. The molecule has 2 aromatic heterocycles. The van der Waals surface area contributed by atoms with Gasteiger partial charge in [-0.2, -0.15) is 20.5 Å². The molecule has 0 radical (unpaired) electrons. The van der Waals surface area contributed by atoms with Crippen molar-refractivity contribution in [2.45, 2.75) is 18.9 Å². The molecule has 86 valence electrons. The molecule has 2 heterocycles. The Morgan fingerprint density at radius 2 is 2.50 bits per heavy atom. The van der Waals surface area contributed by atoms with Gasteiger partial charge in [-0.3, -0.25) is 16.0 Å². The Balaban J connectivity index is 1.96. The summed E-state index contributed by atoms with van der Waals surface area (Å²) in [4.78, 5) is 0. The number of hydrogen-bond acceptors (Lipinski definition) is 5. The predicted molar refractivity (Wildman–Crippen MR) is 58.0 cm³/mol. The lowest BCUT2D eigenvalue weighted by Gasteiger charge is -2.12. The summed E-state index contributed by atoms with van der Waals surface area (Å²) in [6, 6.07) is 2.00. The molecule has 2 aromatic rings. The fraction of sp³-hybridized carbons (Fsp3) is 0.444. The molecule has 0 spiro atoms. The number of hydrogen-bond donors (Lipinski definition) is 3. The number of nitrogens with zero attached hydrogens (tertiary/aromatic N) is 4.